The number of hydrogen-bond donors (Lipinski definition) is 2. The highest BCUT2D eigenvalue weighted by Gasteiger charge is 2.11. The smallest absolute Gasteiger partial charge is 0.133 e. The lowest BCUT2D eigenvalue weighted by molar-refractivity contribution is 0.418. The fourth-order valence-corrected chi connectivity index (χ4v) is 3.21. The van der Waals surface area contributed by atoms with Crippen LogP contribution in [0.3, 0.4) is 0 Å². The van der Waals surface area contributed by atoms with Gasteiger partial charge < -0.3 is 9.80 Å². The fraction of sp³-hybridized carbons (Fsp3) is 0.167. The quantitative estimate of drug-likeness (QED) is 0.297. The Kier molecular flexibility index (Phi) is 4.94. The largest absolute Gasteiger partial charge is 0.349 e. The van der Waals surface area contributed by atoms with E-state index in [2.05, 4.69) is 25.3 Å². The lowest BCUT2D eigenvalue weighted by atomic mass is 10.1. The summed E-state index contributed by atoms with van der Waals surface area (Å²) in [5.41, 5.74) is 1.87. The molecular weight excluding hydrogens is 445 g/mol. The van der Waals surface area contributed by atoms with Gasteiger partial charge in [0.2, 0.25) is 0 Å². The van der Waals surface area contributed by atoms with E-state index in [4.69, 9.17) is 38.1 Å². The summed E-state index contributed by atoms with van der Waals surface area (Å²) in [5.74, 6) is 0. The summed E-state index contributed by atoms with van der Waals surface area (Å²) in [4.78, 5) is 3.24. The van der Waals surface area contributed by atoms with Crippen LogP contribution in [-0.2, 0) is 26.2 Å². The SMILES string of the molecule is [2H]c1c([2H])c([2H])c(CN(Cc2ccc(CN(Cc3c([2H])c([2H])c([2H])c([2H])c3[2H])C(=S)S)cc2)C(=S)S)c([2H])c1[2H]. The Morgan fingerprint density at radius 2 is 0.900 bits per heavy atom. The second kappa shape index (κ2) is 11.5. The molecule has 0 aliphatic rings. The van der Waals surface area contributed by atoms with E-state index in [1.54, 1.807) is 9.80 Å². The van der Waals surface area contributed by atoms with Gasteiger partial charge in [-0.05, 0) is 22.3 Å². The van der Waals surface area contributed by atoms with Crippen LogP contribution in [-0.4, -0.2) is 18.4 Å². The average molecular weight is 479 g/mol. The van der Waals surface area contributed by atoms with Crippen LogP contribution in [0.4, 0.5) is 0 Å². The molecule has 3 rings (SSSR count). The van der Waals surface area contributed by atoms with Gasteiger partial charge in [0.1, 0.15) is 8.64 Å². The molecule has 0 saturated heterocycles. The fourth-order valence-electron chi connectivity index (χ4n) is 2.66. The van der Waals surface area contributed by atoms with Crippen LogP contribution in [0.15, 0.2) is 84.7 Å². The third kappa shape index (κ3) is 7.13. The molecule has 0 aliphatic carbocycles. The van der Waals surface area contributed by atoms with Crippen molar-refractivity contribution < 1.29 is 13.7 Å². The maximum Gasteiger partial charge on any atom is 0.133 e. The topological polar surface area (TPSA) is 6.48 Å². The maximum atomic E-state index is 8.18. The van der Waals surface area contributed by atoms with E-state index in [9.17, 15) is 0 Å². The first kappa shape index (κ1) is 12.9. The van der Waals surface area contributed by atoms with Gasteiger partial charge in [-0.2, -0.15) is 0 Å². The molecule has 0 amide bonds. The molecule has 3 aromatic carbocycles. The number of thiocarbonyl (C=S) groups is 2. The zero-order valence-corrected chi connectivity index (χ0v) is 19.2. The standard InChI is InChI=1S/C24H24N2S4/c27-23(28)25(15-19-7-3-1-4-8-19)17-21-11-13-22(14-12-21)18-26(24(29)30)16-20-9-5-2-6-10-20/h1-14H,15-18H2,(H,27,28)(H,29,30)/i1D,2D,3D,4D,5D,6D,7D,8D,9D,10D. The number of nitrogens with zero attached hydrogens (tertiary/aromatic N) is 2. The monoisotopic (exact) mass is 478 g/mol. The van der Waals surface area contributed by atoms with Crippen LogP contribution < -0.4 is 0 Å². The molecule has 154 valence electrons. The van der Waals surface area contributed by atoms with Crippen molar-refractivity contribution in [1.82, 2.24) is 9.80 Å². The Hall–Kier alpha value is -1.86. The molecule has 0 atom stereocenters. The molecular formula is C24H24N2S4. The zero-order valence-electron chi connectivity index (χ0n) is 25.7. The first-order valence-corrected chi connectivity index (χ1v) is 10.5. The van der Waals surface area contributed by atoms with E-state index in [0.29, 0.717) is 0 Å². The molecule has 30 heavy (non-hydrogen) atoms. The molecule has 0 unspecified atom stereocenters. The molecule has 0 aliphatic heterocycles. The molecule has 3 aromatic rings. The molecule has 0 heterocycles. The summed E-state index contributed by atoms with van der Waals surface area (Å²) < 4.78 is 80.2. The van der Waals surface area contributed by atoms with Crippen molar-refractivity contribution >= 4 is 58.3 Å². The Morgan fingerprint density at radius 3 is 1.20 bits per heavy atom. The molecule has 0 bridgehead atoms. The third-order valence-electron chi connectivity index (χ3n) is 4.11. The van der Waals surface area contributed by atoms with E-state index in [1.165, 1.54) is 0 Å². The van der Waals surface area contributed by atoms with Crippen LogP contribution in [0.2, 0.25) is 0 Å². The predicted octanol–water partition coefficient (Wildman–Crippen LogP) is 6.12. The van der Waals surface area contributed by atoms with Crippen molar-refractivity contribution in [1.29, 1.82) is 0 Å². The summed E-state index contributed by atoms with van der Waals surface area (Å²) in [5, 5.41) is 0. The van der Waals surface area contributed by atoms with Crippen LogP contribution in [0, 0.1) is 0 Å². The normalized spacial score (nSPS) is 15.1. The first-order valence-electron chi connectivity index (χ1n) is 13.8. The second-order valence-electron chi connectivity index (χ2n) is 6.30. The first-order chi connectivity index (χ1) is 18.6. The van der Waals surface area contributed by atoms with E-state index in [1.807, 2.05) is 24.3 Å². The third-order valence-corrected chi connectivity index (χ3v) is 5.19. The Morgan fingerprint density at radius 1 is 0.600 bits per heavy atom. The van der Waals surface area contributed by atoms with Crippen molar-refractivity contribution in [3.05, 3.63) is 107 Å². The number of rotatable bonds is 8. The highest BCUT2D eigenvalue weighted by molar-refractivity contribution is 8.11. The molecule has 0 saturated carbocycles. The Balaban J connectivity index is 1.80. The van der Waals surface area contributed by atoms with Gasteiger partial charge in [0.15, 0.2) is 0 Å². The summed E-state index contributed by atoms with van der Waals surface area (Å²) in [6.07, 6.45) is 0. The van der Waals surface area contributed by atoms with Crippen LogP contribution in [0.1, 0.15) is 36.0 Å². The minimum atomic E-state index is -0.462. The summed E-state index contributed by atoms with van der Waals surface area (Å²) in [6.45, 7) is 0.475. The average Bonchev–Trinajstić information content (AvgIpc) is 2.92. The lowest BCUT2D eigenvalue weighted by Crippen LogP contribution is -2.25. The lowest BCUT2D eigenvalue weighted by Gasteiger charge is -2.24. The van der Waals surface area contributed by atoms with E-state index in [-0.39, 0.29) is 70.1 Å². The Labute approximate surface area is 214 Å². The highest BCUT2D eigenvalue weighted by Crippen LogP contribution is 2.16. The number of hydrogen-bond acceptors (Lipinski definition) is 2. The van der Waals surface area contributed by atoms with Crippen molar-refractivity contribution in [3.63, 3.8) is 0 Å². The Bertz CT molecular complexity index is 1320. The molecule has 6 heteroatoms. The van der Waals surface area contributed by atoms with E-state index >= 15 is 0 Å². The predicted molar refractivity (Wildman–Crippen MR) is 141 cm³/mol. The minimum Gasteiger partial charge on any atom is -0.349 e. The van der Waals surface area contributed by atoms with E-state index in [0.717, 1.165) is 11.1 Å². The molecule has 0 spiro atoms. The van der Waals surface area contributed by atoms with Crippen LogP contribution in [0.25, 0.3) is 0 Å². The second-order valence-corrected chi connectivity index (χ2v) is 8.53. The van der Waals surface area contributed by atoms with Gasteiger partial charge in [-0.25, -0.2) is 0 Å². The van der Waals surface area contributed by atoms with Gasteiger partial charge >= 0.3 is 0 Å². The highest BCUT2D eigenvalue weighted by atomic mass is 32.1. The zero-order chi connectivity index (χ0) is 30.0. The number of thiol groups is 2. The summed E-state index contributed by atoms with van der Waals surface area (Å²) in [6, 6.07) is 3.57. The van der Waals surface area contributed by atoms with Gasteiger partial charge in [-0.3, -0.25) is 0 Å². The molecule has 0 fully saturated rings. The molecule has 0 N–H and O–H groups in total. The van der Waals surface area contributed by atoms with E-state index < -0.39 is 36.3 Å². The van der Waals surface area contributed by atoms with Crippen molar-refractivity contribution in [2.24, 2.45) is 0 Å². The minimum absolute atomic E-state index is 0.0283. The van der Waals surface area contributed by atoms with Gasteiger partial charge in [0.25, 0.3) is 0 Å². The summed E-state index contributed by atoms with van der Waals surface area (Å²) >= 11 is 19.0. The number of benzene rings is 3. The summed E-state index contributed by atoms with van der Waals surface area (Å²) in [7, 11) is 0. The maximum absolute atomic E-state index is 8.18. The van der Waals surface area contributed by atoms with Gasteiger partial charge in [0.05, 0.1) is 13.7 Å². The van der Waals surface area contributed by atoms with Crippen molar-refractivity contribution in [2.75, 3.05) is 0 Å². The molecule has 0 radical (unpaired) electrons. The molecule has 2 nitrogen and oxygen atoms in total. The van der Waals surface area contributed by atoms with Gasteiger partial charge in [-0.15, -0.1) is 25.3 Å². The van der Waals surface area contributed by atoms with Crippen LogP contribution in [0.5, 0.6) is 0 Å². The van der Waals surface area contributed by atoms with Gasteiger partial charge in [-0.1, -0.05) is 109 Å². The van der Waals surface area contributed by atoms with Crippen molar-refractivity contribution in [3.8, 4) is 0 Å². The molecule has 0 aromatic heterocycles. The van der Waals surface area contributed by atoms with Crippen LogP contribution >= 0.6 is 49.7 Å². The van der Waals surface area contributed by atoms with Gasteiger partial charge in [0, 0.05) is 26.2 Å². The van der Waals surface area contributed by atoms with Crippen molar-refractivity contribution in [2.45, 2.75) is 26.2 Å².